The van der Waals surface area contributed by atoms with Crippen LogP contribution in [0.1, 0.15) is 24.8 Å². The van der Waals surface area contributed by atoms with Crippen LogP contribution in [0.25, 0.3) is 0 Å². The Morgan fingerprint density at radius 2 is 1.71 bits per heavy atom. The van der Waals surface area contributed by atoms with Crippen LogP contribution in [0.2, 0.25) is 0 Å². The lowest BCUT2D eigenvalue weighted by Crippen LogP contribution is -3.00. The Morgan fingerprint density at radius 3 is 2.42 bits per heavy atom. The Labute approximate surface area is 161 Å². The van der Waals surface area contributed by atoms with Crippen molar-refractivity contribution in [1.82, 2.24) is 0 Å². The zero-order valence-electron chi connectivity index (χ0n) is 13.3. The van der Waals surface area contributed by atoms with E-state index in [1.165, 1.54) is 12.3 Å². The van der Waals surface area contributed by atoms with Crippen LogP contribution in [-0.2, 0) is 5.72 Å². The molecule has 0 spiro atoms. The third-order valence-corrected chi connectivity index (χ3v) is 5.38. The molecule has 0 radical (unpaired) electrons. The lowest BCUT2D eigenvalue weighted by molar-refractivity contribution is -0.661. The highest BCUT2D eigenvalue weighted by molar-refractivity contribution is 9.10. The molecule has 0 saturated heterocycles. The highest BCUT2D eigenvalue weighted by Crippen LogP contribution is 2.35. The summed E-state index contributed by atoms with van der Waals surface area (Å²) in [5, 5.41) is 11.5. The van der Waals surface area contributed by atoms with Gasteiger partial charge in [-0.3, -0.25) is 0 Å². The molecule has 0 amide bonds. The molecule has 1 atom stereocenters. The van der Waals surface area contributed by atoms with Crippen molar-refractivity contribution in [3.8, 4) is 0 Å². The molecule has 2 aliphatic heterocycles. The molecule has 5 heteroatoms. The van der Waals surface area contributed by atoms with Gasteiger partial charge in [-0.25, -0.2) is 9.48 Å². The molecule has 0 aromatic heterocycles. The van der Waals surface area contributed by atoms with Crippen molar-refractivity contribution in [1.29, 1.82) is 0 Å². The number of aliphatic hydroxyl groups is 1. The predicted octanol–water partition coefficient (Wildman–Crippen LogP) is 0.713. The Bertz CT molecular complexity index is 746. The number of benzene rings is 2. The summed E-state index contributed by atoms with van der Waals surface area (Å²) in [6, 6.07) is 18.4. The van der Waals surface area contributed by atoms with Crippen LogP contribution in [0.5, 0.6) is 0 Å². The van der Waals surface area contributed by atoms with Gasteiger partial charge in [-0.2, -0.15) is 0 Å². The van der Waals surface area contributed by atoms with Crippen molar-refractivity contribution in [3.63, 3.8) is 0 Å². The van der Waals surface area contributed by atoms with E-state index >= 15 is 0 Å². The standard InChI is InChI=1S/C19H20BrN2O.BrH/c20-16-9-11-17(12-10-16)21-14-19(23,15-6-2-1-3-7-15)22-13-5-4-8-18(21)22;/h1-3,6-7,9-12,23H,4-5,8,13-14H2;1H/q+1;/p-1. The summed E-state index contributed by atoms with van der Waals surface area (Å²) in [5.74, 6) is 1.24. The van der Waals surface area contributed by atoms with Gasteiger partial charge in [0.15, 0.2) is 6.54 Å². The molecule has 1 N–H and O–H groups in total. The SMILES string of the molecule is OC1(c2ccccc2)CN(c2ccc(Br)cc2)C2=[N+]1CCCC2.[Br-]. The maximum absolute atomic E-state index is 11.5. The average Bonchev–Trinajstić information content (AvgIpc) is 2.91. The van der Waals surface area contributed by atoms with E-state index in [-0.39, 0.29) is 17.0 Å². The second-order valence-corrected chi connectivity index (χ2v) is 7.19. The number of hydrogen-bond acceptors (Lipinski definition) is 2. The first-order valence-electron chi connectivity index (χ1n) is 8.13. The number of nitrogens with zero attached hydrogens (tertiary/aromatic N) is 2. The molecule has 24 heavy (non-hydrogen) atoms. The normalized spacial score (nSPS) is 23.0. The van der Waals surface area contributed by atoms with Crippen LogP contribution in [0.3, 0.4) is 0 Å². The number of rotatable bonds is 2. The fraction of sp³-hybridized carbons (Fsp3) is 0.316. The van der Waals surface area contributed by atoms with Crippen molar-refractivity contribution >= 4 is 27.5 Å². The molecular weight excluding hydrogens is 432 g/mol. The van der Waals surface area contributed by atoms with E-state index in [0.29, 0.717) is 6.54 Å². The average molecular weight is 452 g/mol. The molecule has 4 rings (SSSR count). The molecule has 2 heterocycles. The zero-order chi connectivity index (χ0) is 15.9. The smallest absolute Gasteiger partial charge is 0.271 e. The molecule has 0 fully saturated rings. The largest absolute Gasteiger partial charge is 1.00 e. The predicted molar refractivity (Wildman–Crippen MR) is 95.8 cm³/mol. The van der Waals surface area contributed by atoms with Crippen LogP contribution >= 0.6 is 15.9 Å². The van der Waals surface area contributed by atoms with Gasteiger partial charge >= 0.3 is 0 Å². The minimum atomic E-state index is -0.940. The van der Waals surface area contributed by atoms with Crippen molar-refractivity contribution < 1.29 is 26.7 Å². The van der Waals surface area contributed by atoms with Crippen LogP contribution in [0, 0.1) is 0 Å². The summed E-state index contributed by atoms with van der Waals surface area (Å²) >= 11 is 3.50. The molecule has 2 aliphatic rings. The van der Waals surface area contributed by atoms with Gasteiger partial charge in [0.2, 0.25) is 0 Å². The van der Waals surface area contributed by atoms with Crippen molar-refractivity contribution in [2.75, 3.05) is 18.0 Å². The minimum absolute atomic E-state index is 0. The second kappa shape index (κ2) is 6.98. The van der Waals surface area contributed by atoms with Gasteiger partial charge in [0, 0.05) is 16.5 Å². The topological polar surface area (TPSA) is 26.5 Å². The number of halogens is 2. The van der Waals surface area contributed by atoms with Gasteiger partial charge in [0.25, 0.3) is 11.6 Å². The van der Waals surface area contributed by atoms with Crippen molar-refractivity contribution in [2.45, 2.75) is 25.0 Å². The fourth-order valence-corrected chi connectivity index (χ4v) is 3.97. The van der Waals surface area contributed by atoms with Crippen molar-refractivity contribution in [3.05, 3.63) is 64.6 Å². The van der Waals surface area contributed by atoms with E-state index in [1.807, 2.05) is 30.3 Å². The lowest BCUT2D eigenvalue weighted by Gasteiger charge is -2.24. The summed E-state index contributed by atoms with van der Waals surface area (Å²) in [4.78, 5) is 2.28. The van der Waals surface area contributed by atoms with Gasteiger partial charge in [-0.05, 0) is 37.1 Å². The van der Waals surface area contributed by atoms with E-state index in [9.17, 15) is 5.11 Å². The van der Waals surface area contributed by atoms with Crippen LogP contribution < -0.4 is 21.9 Å². The summed E-state index contributed by atoms with van der Waals surface area (Å²) < 4.78 is 3.28. The van der Waals surface area contributed by atoms with Crippen LogP contribution in [0.4, 0.5) is 5.69 Å². The molecule has 1 unspecified atom stereocenters. The lowest BCUT2D eigenvalue weighted by atomic mass is 10.0. The third kappa shape index (κ3) is 2.93. The monoisotopic (exact) mass is 450 g/mol. The Hall–Kier alpha value is -1.17. The van der Waals surface area contributed by atoms with Crippen LogP contribution in [0.15, 0.2) is 59.1 Å². The molecular formula is C19H20Br2N2O. The van der Waals surface area contributed by atoms with E-state index in [4.69, 9.17) is 0 Å². The summed E-state index contributed by atoms with van der Waals surface area (Å²) in [6.07, 6.45) is 3.34. The third-order valence-electron chi connectivity index (χ3n) is 4.85. The molecule has 126 valence electrons. The zero-order valence-corrected chi connectivity index (χ0v) is 16.5. The van der Waals surface area contributed by atoms with Gasteiger partial charge in [-0.15, -0.1) is 0 Å². The molecule has 2 aromatic rings. The molecule has 0 aliphatic carbocycles. The van der Waals surface area contributed by atoms with E-state index < -0.39 is 5.72 Å². The first-order chi connectivity index (χ1) is 11.2. The highest BCUT2D eigenvalue weighted by Gasteiger charge is 2.52. The summed E-state index contributed by atoms with van der Waals surface area (Å²) in [7, 11) is 0. The Kier molecular flexibility index (Phi) is 5.13. The highest BCUT2D eigenvalue weighted by atomic mass is 79.9. The summed E-state index contributed by atoms with van der Waals surface area (Å²) in [6.45, 7) is 1.49. The molecule has 0 saturated carbocycles. The quantitative estimate of drug-likeness (QED) is 0.681. The maximum Gasteiger partial charge on any atom is 0.271 e. The Balaban J connectivity index is 0.00000169. The number of amidine groups is 1. The van der Waals surface area contributed by atoms with Crippen molar-refractivity contribution in [2.24, 2.45) is 0 Å². The van der Waals surface area contributed by atoms with Gasteiger partial charge in [-0.1, -0.05) is 46.3 Å². The maximum atomic E-state index is 11.5. The van der Waals surface area contributed by atoms with E-state index in [1.54, 1.807) is 0 Å². The van der Waals surface area contributed by atoms with Gasteiger partial charge in [0.05, 0.1) is 6.54 Å². The number of β-amino-alcohol motifs (C(OH)–C–C–N with tert-alkyl or cyclic N) is 1. The summed E-state index contributed by atoms with van der Waals surface area (Å²) in [5.41, 5.74) is 1.17. The second-order valence-electron chi connectivity index (χ2n) is 6.27. The molecule has 2 aromatic carbocycles. The first-order valence-corrected chi connectivity index (χ1v) is 8.92. The van der Waals surface area contributed by atoms with Crippen LogP contribution in [-0.4, -0.2) is 28.6 Å². The molecule has 3 nitrogen and oxygen atoms in total. The Morgan fingerprint density at radius 1 is 1.00 bits per heavy atom. The number of hydrogen-bond donors (Lipinski definition) is 1. The minimum Gasteiger partial charge on any atom is -1.00 e. The van der Waals surface area contributed by atoms with E-state index in [0.717, 1.165) is 35.1 Å². The first kappa shape index (κ1) is 17.6. The molecule has 0 bridgehead atoms. The van der Waals surface area contributed by atoms with Gasteiger partial charge < -0.3 is 22.1 Å². The number of anilines is 1. The van der Waals surface area contributed by atoms with Gasteiger partial charge in [0.1, 0.15) is 5.69 Å². The fourth-order valence-electron chi connectivity index (χ4n) is 3.71. The van der Waals surface area contributed by atoms with E-state index in [2.05, 4.69) is 49.7 Å².